The molecule has 2 aliphatic rings. The molecule has 0 aromatic carbocycles. The van der Waals surface area contributed by atoms with Crippen LogP contribution in [0.2, 0.25) is 0 Å². The minimum atomic E-state index is -0.301. The fourth-order valence-electron chi connectivity index (χ4n) is 2.50. The lowest BCUT2D eigenvalue weighted by atomic mass is 9.88. The van der Waals surface area contributed by atoms with E-state index < -0.39 is 0 Å². The second-order valence-corrected chi connectivity index (χ2v) is 4.99. The van der Waals surface area contributed by atoms with Crippen molar-refractivity contribution in [3.8, 4) is 0 Å². The Balaban J connectivity index is 2.25. The summed E-state index contributed by atoms with van der Waals surface area (Å²) < 4.78 is 5.33. The lowest BCUT2D eigenvalue weighted by Crippen LogP contribution is -2.15. The molecule has 18 heavy (non-hydrogen) atoms. The maximum absolute atomic E-state index is 11.6. The number of allylic oxidation sites excluding steroid dienone is 3. The fourth-order valence-corrected chi connectivity index (χ4v) is 2.50. The predicted octanol–water partition coefficient (Wildman–Crippen LogP) is 2.73. The van der Waals surface area contributed by atoms with Gasteiger partial charge in [0, 0.05) is 11.5 Å². The molecule has 1 heterocycles. The van der Waals surface area contributed by atoms with Crippen LogP contribution in [0.1, 0.15) is 32.6 Å². The molecule has 0 radical (unpaired) electrons. The maximum Gasteiger partial charge on any atom is 0.334 e. The van der Waals surface area contributed by atoms with Crippen LogP contribution in [-0.4, -0.2) is 18.4 Å². The van der Waals surface area contributed by atoms with Crippen LogP contribution in [0.5, 0.6) is 0 Å². The Morgan fingerprint density at radius 3 is 2.94 bits per heavy atom. The van der Waals surface area contributed by atoms with Crippen LogP contribution in [0.3, 0.4) is 0 Å². The number of carbonyl (C=O) groups is 2. The molecule has 0 amide bonds. The van der Waals surface area contributed by atoms with E-state index in [1.807, 2.05) is 19.1 Å². The molecule has 3 nitrogen and oxygen atoms in total. The molecule has 0 aromatic rings. The van der Waals surface area contributed by atoms with Crippen molar-refractivity contribution in [2.75, 3.05) is 0 Å². The molecule has 1 saturated heterocycles. The molecule has 0 bridgehead atoms. The van der Waals surface area contributed by atoms with Gasteiger partial charge in [-0.05, 0) is 44.3 Å². The first-order valence-corrected chi connectivity index (χ1v) is 6.33. The fraction of sp³-hybridized carbons (Fsp3) is 0.467. The Morgan fingerprint density at radius 2 is 2.22 bits per heavy atom. The average molecular weight is 246 g/mol. The first kappa shape index (κ1) is 12.8. The number of ether oxygens (including phenoxy) is 1. The Morgan fingerprint density at radius 1 is 1.44 bits per heavy atom. The van der Waals surface area contributed by atoms with E-state index >= 15 is 0 Å². The Labute approximate surface area is 107 Å². The van der Waals surface area contributed by atoms with Crippen LogP contribution in [-0.2, 0) is 14.3 Å². The van der Waals surface area contributed by atoms with Crippen LogP contribution in [0.4, 0.5) is 0 Å². The molecule has 0 aromatic heterocycles. The van der Waals surface area contributed by atoms with Gasteiger partial charge in [-0.1, -0.05) is 18.2 Å². The number of fused-ring (bicyclic) bond motifs is 1. The summed E-state index contributed by atoms with van der Waals surface area (Å²) in [5, 5.41) is 0. The van der Waals surface area contributed by atoms with Gasteiger partial charge >= 0.3 is 5.97 Å². The van der Waals surface area contributed by atoms with Gasteiger partial charge in [0.2, 0.25) is 0 Å². The number of esters is 1. The second kappa shape index (κ2) is 5.34. The molecule has 0 spiro atoms. The third-order valence-corrected chi connectivity index (χ3v) is 3.64. The van der Waals surface area contributed by atoms with Crippen LogP contribution in [0.15, 0.2) is 35.5 Å². The van der Waals surface area contributed by atoms with Crippen LogP contribution in [0, 0.1) is 5.92 Å². The van der Waals surface area contributed by atoms with Crippen molar-refractivity contribution in [3.05, 3.63) is 35.5 Å². The highest BCUT2D eigenvalue weighted by Crippen LogP contribution is 2.33. The zero-order valence-electron chi connectivity index (χ0n) is 10.6. The summed E-state index contributed by atoms with van der Waals surface area (Å²) in [6, 6.07) is 0. The van der Waals surface area contributed by atoms with Gasteiger partial charge in [0.05, 0.1) is 0 Å². The van der Waals surface area contributed by atoms with E-state index in [4.69, 9.17) is 4.74 Å². The van der Waals surface area contributed by atoms with Crippen molar-refractivity contribution >= 4 is 12.3 Å². The van der Waals surface area contributed by atoms with Gasteiger partial charge in [-0.3, -0.25) is 4.79 Å². The summed E-state index contributed by atoms with van der Waals surface area (Å²) in [5.41, 5.74) is 2.54. The van der Waals surface area contributed by atoms with Gasteiger partial charge in [0.25, 0.3) is 0 Å². The topological polar surface area (TPSA) is 43.4 Å². The Kier molecular flexibility index (Phi) is 3.80. The molecule has 3 heteroatoms. The molecule has 2 atom stereocenters. The molecule has 2 rings (SSSR count). The summed E-state index contributed by atoms with van der Waals surface area (Å²) in [4.78, 5) is 22.5. The third kappa shape index (κ3) is 2.61. The Hall–Kier alpha value is -1.64. The zero-order chi connectivity index (χ0) is 13.1. The van der Waals surface area contributed by atoms with Crippen LogP contribution in [0.25, 0.3) is 0 Å². The molecule has 0 N–H and O–H groups in total. The third-order valence-electron chi connectivity index (χ3n) is 3.64. The molecular weight excluding hydrogens is 228 g/mol. The van der Waals surface area contributed by atoms with Crippen molar-refractivity contribution in [2.24, 2.45) is 5.92 Å². The maximum atomic E-state index is 11.6. The number of carbonyl (C=O) groups excluding carboxylic acids is 2. The zero-order valence-corrected chi connectivity index (χ0v) is 10.6. The number of hydrogen-bond donors (Lipinski definition) is 0. The Bertz CT molecular complexity index is 443. The SMILES string of the molecule is C=C1C(=O)O[C@@H]2/C=C(\C)CC/C=C(/C=O)CC[C@@H]12. The molecule has 0 unspecified atom stereocenters. The van der Waals surface area contributed by atoms with E-state index in [1.165, 1.54) is 5.57 Å². The van der Waals surface area contributed by atoms with Gasteiger partial charge in [0.1, 0.15) is 12.4 Å². The van der Waals surface area contributed by atoms with Crippen molar-refractivity contribution in [1.82, 2.24) is 0 Å². The predicted molar refractivity (Wildman–Crippen MR) is 68.9 cm³/mol. The smallest absolute Gasteiger partial charge is 0.334 e. The molecule has 96 valence electrons. The van der Waals surface area contributed by atoms with E-state index in [9.17, 15) is 9.59 Å². The molecular formula is C15H18O3. The van der Waals surface area contributed by atoms with Crippen molar-refractivity contribution in [1.29, 1.82) is 0 Å². The largest absolute Gasteiger partial charge is 0.454 e. The lowest BCUT2D eigenvalue weighted by molar-refractivity contribution is -0.137. The highest BCUT2D eigenvalue weighted by atomic mass is 16.5. The molecule has 1 fully saturated rings. The highest BCUT2D eigenvalue weighted by Gasteiger charge is 2.37. The van der Waals surface area contributed by atoms with E-state index in [2.05, 4.69) is 6.58 Å². The minimum absolute atomic E-state index is 0.00824. The summed E-state index contributed by atoms with van der Waals surface area (Å²) >= 11 is 0. The average Bonchev–Trinajstić information content (AvgIpc) is 2.60. The van der Waals surface area contributed by atoms with E-state index in [-0.39, 0.29) is 18.0 Å². The summed E-state index contributed by atoms with van der Waals surface area (Å²) in [6.07, 6.45) is 7.92. The normalized spacial score (nSPS) is 34.7. The first-order valence-electron chi connectivity index (χ1n) is 6.33. The first-order chi connectivity index (χ1) is 8.61. The summed E-state index contributed by atoms with van der Waals surface area (Å²) in [6.45, 7) is 5.84. The molecule has 0 saturated carbocycles. The number of rotatable bonds is 1. The van der Waals surface area contributed by atoms with Gasteiger partial charge in [-0.15, -0.1) is 0 Å². The van der Waals surface area contributed by atoms with E-state index in [0.717, 1.165) is 31.1 Å². The number of aldehydes is 1. The van der Waals surface area contributed by atoms with Gasteiger partial charge in [-0.25, -0.2) is 4.79 Å². The molecule has 1 aliphatic heterocycles. The van der Waals surface area contributed by atoms with Crippen LogP contribution >= 0.6 is 0 Å². The second-order valence-electron chi connectivity index (χ2n) is 4.99. The van der Waals surface area contributed by atoms with Crippen molar-refractivity contribution in [2.45, 2.75) is 38.7 Å². The van der Waals surface area contributed by atoms with Gasteiger partial charge in [0.15, 0.2) is 0 Å². The van der Waals surface area contributed by atoms with Gasteiger partial charge in [-0.2, -0.15) is 0 Å². The van der Waals surface area contributed by atoms with Crippen LogP contribution < -0.4 is 0 Å². The summed E-state index contributed by atoms with van der Waals surface area (Å²) in [5.74, 6) is -0.293. The minimum Gasteiger partial charge on any atom is -0.454 e. The highest BCUT2D eigenvalue weighted by molar-refractivity contribution is 5.91. The number of hydrogen-bond acceptors (Lipinski definition) is 3. The van der Waals surface area contributed by atoms with E-state index in [0.29, 0.717) is 12.0 Å². The van der Waals surface area contributed by atoms with Gasteiger partial charge < -0.3 is 4.74 Å². The van der Waals surface area contributed by atoms with E-state index in [1.54, 1.807) is 0 Å². The monoisotopic (exact) mass is 246 g/mol. The molecule has 1 aliphatic carbocycles. The standard InChI is InChI=1S/C15H18O3/c1-10-4-3-5-12(9-16)6-7-13-11(2)15(17)18-14(13)8-10/h5,8-9,13-14H,2-4,6-7H2,1H3/b10-8+,12-5+/t13-,14+/m0/s1. The van der Waals surface area contributed by atoms with Crippen molar-refractivity contribution < 1.29 is 14.3 Å². The lowest BCUT2D eigenvalue weighted by Gasteiger charge is -2.16. The quantitative estimate of drug-likeness (QED) is 0.309. The van der Waals surface area contributed by atoms with Crippen molar-refractivity contribution in [3.63, 3.8) is 0 Å². The summed E-state index contributed by atoms with van der Waals surface area (Å²) in [7, 11) is 0.